The molecule has 0 fully saturated rings. The fourth-order valence-corrected chi connectivity index (χ4v) is 2.07. The summed E-state index contributed by atoms with van der Waals surface area (Å²) < 4.78 is 0. The summed E-state index contributed by atoms with van der Waals surface area (Å²) in [5.41, 5.74) is 0.877. The van der Waals surface area contributed by atoms with Crippen LogP contribution in [0.3, 0.4) is 0 Å². The molecule has 6 nitrogen and oxygen atoms in total. The zero-order valence-electron chi connectivity index (χ0n) is 14.7. The van der Waals surface area contributed by atoms with E-state index in [1.165, 1.54) is 0 Å². The summed E-state index contributed by atoms with van der Waals surface area (Å²) >= 11 is 0. The average molecular weight is 445 g/mol. The van der Waals surface area contributed by atoms with Gasteiger partial charge in [-0.05, 0) is 31.9 Å². The molecule has 1 aromatic heterocycles. The molecule has 7 heteroatoms. The molecule has 134 valence electrons. The van der Waals surface area contributed by atoms with Crippen molar-refractivity contribution in [1.82, 2.24) is 15.2 Å². The maximum absolute atomic E-state index is 11.9. The Balaban J connectivity index is 0.00000529. The van der Waals surface area contributed by atoms with Crippen molar-refractivity contribution in [2.75, 3.05) is 32.5 Å². The molecule has 0 aliphatic rings. The van der Waals surface area contributed by atoms with E-state index >= 15 is 0 Å². The Labute approximate surface area is 161 Å². The fourth-order valence-electron chi connectivity index (χ4n) is 2.07. The molecule has 24 heavy (non-hydrogen) atoms. The van der Waals surface area contributed by atoms with Gasteiger partial charge in [-0.25, -0.2) is 4.98 Å². The van der Waals surface area contributed by atoms with Crippen LogP contribution in [0.2, 0.25) is 0 Å². The van der Waals surface area contributed by atoms with E-state index < -0.39 is 0 Å². The minimum absolute atomic E-state index is 0. The van der Waals surface area contributed by atoms with Gasteiger partial charge in [-0.15, -0.1) is 30.6 Å². The highest BCUT2D eigenvalue weighted by Crippen LogP contribution is 2.04. The van der Waals surface area contributed by atoms with Crippen molar-refractivity contribution < 1.29 is 4.79 Å². The normalized spacial score (nSPS) is 10.5. The quantitative estimate of drug-likeness (QED) is 0.212. The maximum atomic E-state index is 11.9. The van der Waals surface area contributed by atoms with E-state index in [1.807, 2.05) is 37.1 Å². The number of hydrogen-bond acceptors (Lipinski definition) is 3. The number of carbonyl (C=O) groups excluding carboxylic acids is 1. The average Bonchev–Trinajstić information content (AvgIpc) is 2.51. The summed E-state index contributed by atoms with van der Waals surface area (Å²) in [4.78, 5) is 22.4. The number of nitrogens with one attached hydrogen (secondary N) is 2. The van der Waals surface area contributed by atoms with Gasteiger partial charge in [0.25, 0.3) is 0 Å². The molecule has 0 aromatic carbocycles. The second-order valence-electron chi connectivity index (χ2n) is 5.29. The van der Waals surface area contributed by atoms with Gasteiger partial charge in [0.1, 0.15) is 5.82 Å². The molecule has 1 heterocycles. The number of amides is 1. The molecule has 0 aliphatic heterocycles. The molecule has 1 amide bonds. The van der Waals surface area contributed by atoms with Crippen LogP contribution in [0.1, 0.15) is 25.0 Å². The first-order chi connectivity index (χ1) is 11.1. The highest BCUT2D eigenvalue weighted by atomic mass is 127. The SMILES string of the molecule is C=CCCCN(C)C(=NC)NCCC(=O)Nc1cccc(C)n1.I. The zero-order chi connectivity index (χ0) is 17.1. The highest BCUT2D eigenvalue weighted by molar-refractivity contribution is 14.0. The number of aromatic nitrogens is 1. The number of carbonyl (C=O) groups is 1. The van der Waals surface area contributed by atoms with Crippen LogP contribution in [0, 0.1) is 6.92 Å². The van der Waals surface area contributed by atoms with Crippen LogP contribution >= 0.6 is 24.0 Å². The predicted octanol–water partition coefficient (Wildman–Crippen LogP) is 2.81. The first-order valence-corrected chi connectivity index (χ1v) is 7.83. The van der Waals surface area contributed by atoms with Crippen molar-refractivity contribution in [3.8, 4) is 0 Å². The lowest BCUT2D eigenvalue weighted by atomic mass is 10.3. The van der Waals surface area contributed by atoms with Crippen LogP contribution in [0.4, 0.5) is 5.82 Å². The molecular weight excluding hydrogens is 417 g/mol. The maximum Gasteiger partial charge on any atom is 0.227 e. The largest absolute Gasteiger partial charge is 0.356 e. The number of nitrogens with zero attached hydrogens (tertiary/aromatic N) is 3. The number of allylic oxidation sites excluding steroid dienone is 1. The van der Waals surface area contributed by atoms with Crippen molar-refractivity contribution in [2.24, 2.45) is 4.99 Å². The van der Waals surface area contributed by atoms with Gasteiger partial charge in [0.05, 0.1) is 0 Å². The standard InChI is InChI=1S/C17H27N5O.HI/c1-5-6-7-13-22(4)17(18-3)19-12-11-16(23)21-15-10-8-9-14(2)20-15;/h5,8-10H,1,6-7,11-13H2,2-4H3,(H,18,19)(H,20,21,23);1H. The summed E-state index contributed by atoms with van der Waals surface area (Å²) in [6, 6.07) is 5.55. The summed E-state index contributed by atoms with van der Waals surface area (Å²) in [5.74, 6) is 1.30. The summed E-state index contributed by atoms with van der Waals surface area (Å²) in [7, 11) is 3.72. The number of halogens is 1. The van der Waals surface area contributed by atoms with Crippen LogP contribution in [0.5, 0.6) is 0 Å². The Kier molecular flexibility index (Phi) is 11.9. The number of rotatable bonds is 8. The van der Waals surface area contributed by atoms with Crippen molar-refractivity contribution >= 4 is 41.7 Å². The van der Waals surface area contributed by atoms with E-state index in [9.17, 15) is 4.79 Å². The van der Waals surface area contributed by atoms with Gasteiger partial charge in [-0.1, -0.05) is 12.1 Å². The Morgan fingerprint density at radius 1 is 1.46 bits per heavy atom. The highest BCUT2D eigenvalue weighted by Gasteiger charge is 2.07. The second-order valence-corrected chi connectivity index (χ2v) is 5.29. The number of aryl methyl sites for hydroxylation is 1. The third-order valence-electron chi connectivity index (χ3n) is 3.27. The van der Waals surface area contributed by atoms with E-state index in [0.717, 1.165) is 31.0 Å². The van der Waals surface area contributed by atoms with Gasteiger partial charge in [0.2, 0.25) is 5.91 Å². The van der Waals surface area contributed by atoms with Crippen molar-refractivity contribution in [3.63, 3.8) is 0 Å². The molecule has 0 bridgehead atoms. The van der Waals surface area contributed by atoms with E-state index in [-0.39, 0.29) is 29.9 Å². The molecule has 0 atom stereocenters. The minimum atomic E-state index is -0.0691. The second kappa shape index (κ2) is 12.7. The van der Waals surface area contributed by atoms with Gasteiger partial charge in [-0.3, -0.25) is 9.79 Å². The van der Waals surface area contributed by atoms with Crippen molar-refractivity contribution in [1.29, 1.82) is 0 Å². The van der Waals surface area contributed by atoms with Crippen LogP contribution in [0.25, 0.3) is 0 Å². The third-order valence-corrected chi connectivity index (χ3v) is 3.27. The molecule has 1 rings (SSSR count). The molecule has 1 aromatic rings. The van der Waals surface area contributed by atoms with Gasteiger partial charge < -0.3 is 15.5 Å². The Hall–Kier alpha value is -1.64. The first-order valence-electron chi connectivity index (χ1n) is 7.83. The summed E-state index contributed by atoms with van der Waals surface area (Å²) in [6.45, 7) is 7.03. The van der Waals surface area contributed by atoms with Gasteiger partial charge in [0, 0.05) is 39.3 Å². The molecular formula is C17H28IN5O. The number of guanidine groups is 1. The molecule has 0 saturated heterocycles. The third kappa shape index (κ3) is 8.85. The monoisotopic (exact) mass is 445 g/mol. The molecule has 2 N–H and O–H groups in total. The van der Waals surface area contributed by atoms with Gasteiger partial charge in [-0.2, -0.15) is 0 Å². The number of hydrogen-bond donors (Lipinski definition) is 2. The van der Waals surface area contributed by atoms with Crippen LogP contribution in [0.15, 0.2) is 35.8 Å². The lowest BCUT2D eigenvalue weighted by molar-refractivity contribution is -0.116. The van der Waals surface area contributed by atoms with Gasteiger partial charge >= 0.3 is 0 Å². The summed E-state index contributed by atoms with van der Waals surface area (Å²) in [6.07, 6.45) is 4.27. The minimum Gasteiger partial charge on any atom is -0.356 e. The van der Waals surface area contributed by atoms with Crippen molar-refractivity contribution in [2.45, 2.75) is 26.2 Å². The lowest BCUT2D eigenvalue weighted by Crippen LogP contribution is -2.40. The molecule has 0 saturated carbocycles. The topological polar surface area (TPSA) is 69.6 Å². The van der Waals surface area contributed by atoms with E-state index in [4.69, 9.17) is 0 Å². The zero-order valence-corrected chi connectivity index (χ0v) is 17.0. The van der Waals surface area contributed by atoms with E-state index in [2.05, 4.69) is 27.2 Å². The molecule has 0 unspecified atom stereocenters. The molecule has 0 aliphatic carbocycles. The van der Waals surface area contributed by atoms with E-state index in [0.29, 0.717) is 18.8 Å². The summed E-state index contributed by atoms with van der Waals surface area (Å²) in [5, 5.41) is 5.98. The number of anilines is 1. The lowest BCUT2D eigenvalue weighted by Gasteiger charge is -2.21. The fraction of sp³-hybridized carbons (Fsp3) is 0.471. The number of aliphatic imine (C=N–C) groups is 1. The van der Waals surface area contributed by atoms with Crippen LogP contribution < -0.4 is 10.6 Å². The molecule has 0 radical (unpaired) electrons. The van der Waals surface area contributed by atoms with Crippen LogP contribution in [-0.4, -0.2) is 48.9 Å². The van der Waals surface area contributed by atoms with E-state index in [1.54, 1.807) is 13.1 Å². The van der Waals surface area contributed by atoms with Gasteiger partial charge in [0.15, 0.2) is 5.96 Å². The Morgan fingerprint density at radius 2 is 2.21 bits per heavy atom. The predicted molar refractivity (Wildman–Crippen MR) is 111 cm³/mol. The molecule has 0 spiro atoms. The Bertz CT molecular complexity index is 548. The van der Waals surface area contributed by atoms with Crippen LogP contribution in [-0.2, 0) is 4.79 Å². The first kappa shape index (κ1) is 22.4. The van der Waals surface area contributed by atoms with Crippen molar-refractivity contribution in [3.05, 3.63) is 36.5 Å². The number of unbranched alkanes of at least 4 members (excludes halogenated alkanes) is 1. The number of pyridine rings is 1. The smallest absolute Gasteiger partial charge is 0.227 e. The Morgan fingerprint density at radius 3 is 2.83 bits per heavy atom.